The monoisotopic (exact) mass is 271 g/mol. The van der Waals surface area contributed by atoms with Crippen LogP contribution in [-0.2, 0) is 0 Å². The summed E-state index contributed by atoms with van der Waals surface area (Å²) >= 11 is 0. The molecule has 3 heteroatoms. The fraction of sp³-hybridized carbons (Fsp3) is 0.588. The molecular weight excluding hydrogens is 246 g/mol. The van der Waals surface area contributed by atoms with Gasteiger partial charge in [-0.15, -0.1) is 0 Å². The number of benzene rings is 1. The molecule has 0 aliphatic carbocycles. The van der Waals surface area contributed by atoms with Crippen LogP contribution >= 0.6 is 0 Å². The van der Waals surface area contributed by atoms with Crippen molar-refractivity contribution in [1.29, 1.82) is 5.26 Å². The lowest BCUT2D eigenvalue weighted by atomic mass is 9.96. The maximum absolute atomic E-state index is 9.16. The predicted molar refractivity (Wildman–Crippen MR) is 82.3 cm³/mol. The fourth-order valence-corrected chi connectivity index (χ4v) is 3.11. The second-order valence-corrected chi connectivity index (χ2v) is 5.59. The Morgan fingerprint density at radius 3 is 2.80 bits per heavy atom. The van der Waals surface area contributed by atoms with Gasteiger partial charge >= 0.3 is 0 Å². The van der Waals surface area contributed by atoms with E-state index in [2.05, 4.69) is 47.5 Å². The molecule has 1 heterocycles. The third-order valence-electron chi connectivity index (χ3n) is 4.21. The van der Waals surface area contributed by atoms with Crippen LogP contribution in [0.5, 0.6) is 0 Å². The number of piperidine rings is 1. The number of nitrogens with zero attached hydrogens (tertiary/aromatic N) is 2. The predicted octanol–water partition coefficient (Wildman–Crippen LogP) is 2.96. The summed E-state index contributed by atoms with van der Waals surface area (Å²) < 4.78 is 0. The molecule has 2 rings (SSSR count). The topological polar surface area (TPSA) is 39.1 Å². The van der Waals surface area contributed by atoms with Crippen LogP contribution in [-0.4, -0.2) is 31.1 Å². The third kappa shape index (κ3) is 4.06. The van der Waals surface area contributed by atoms with Gasteiger partial charge in [-0.1, -0.05) is 37.3 Å². The van der Waals surface area contributed by atoms with Crippen LogP contribution in [0.4, 0.5) is 0 Å². The summed E-state index contributed by atoms with van der Waals surface area (Å²) in [6, 6.07) is 13.0. The standard InChI is InChI=1S/C17H25N3/c1-2-20(14-15-7-6-12-19-13-15)17(10-11-18)16-8-4-3-5-9-16/h3-5,8-9,15,17,19H,2,6-7,10,12-14H2,1H3. The summed E-state index contributed by atoms with van der Waals surface area (Å²) in [6.07, 6.45) is 3.14. The lowest BCUT2D eigenvalue weighted by Crippen LogP contribution is -2.39. The molecule has 0 radical (unpaired) electrons. The van der Waals surface area contributed by atoms with Crippen molar-refractivity contribution >= 4 is 0 Å². The number of nitriles is 1. The van der Waals surface area contributed by atoms with Crippen molar-refractivity contribution in [2.75, 3.05) is 26.2 Å². The van der Waals surface area contributed by atoms with Gasteiger partial charge < -0.3 is 5.32 Å². The van der Waals surface area contributed by atoms with Crippen molar-refractivity contribution in [2.45, 2.75) is 32.2 Å². The van der Waals surface area contributed by atoms with E-state index in [1.54, 1.807) is 0 Å². The molecule has 2 unspecified atom stereocenters. The van der Waals surface area contributed by atoms with Crippen LogP contribution in [0.15, 0.2) is 30.3 Å². The molecule has 1 aromatic rings. The number of rotatable bonds is 6. The van der Waals surface area contributed by atoms with E-state index in [9.17, 15) is 0 Å². The van der Waals surface area contributed by atoms with Crippen molar-refractivity contribution in [3.8, 4) is 6.07 Å². The summed E-state index contributed by atoms with van der Waals surface area (Å²) in [5.74, 6) is 0.716. The first-order valence-electron chi connectivity index (χ1n) is 7.71. The Balaban J connectivity index is 2.06. The van der Waals surface area contributed by atoms with Crippen LogP contribution < -0.4 is 5.32 Å². The van der Waals surface area contributed by atoms with E-state index in [4.69, 9.17) is 5.26 Å². The van der Waals surface area contributed by atoms with E-state index in [0.29, 0.717) is 12.3 Å². The minimum atomic E-state index is 0.230. The van der Waals surface area contributed by atoms with E-state index in [0.717, 1.165) is 26.2 Å². The van der Waals surface area contributed by atoms with E-state index < -0.39 is 0 Å². The quantitative estimate of drug-likeness (QED) is 0.864. The maximum atomic E-state index is 9.16. The molecule has 0 amide bonds. The van der Waals surface area contributed by atoms with Crippen LogP contribution in [0.25, 0.3) is 0 Å². The Hall–Kier alpha value is -1.37. The molecule has 108 valence electrons. The van der Waals surface area contributed by atoms with E-state index in [1.807, 2.05) is 6.07 Å². The highest BCUT2D eigenvalue weighted by Gasteiger charge is 2.23. The molecule has 0 aromatic heterocycles. The Labute approximate surface area is 122 Å². The van der Waals surface area contributed by atoms with Crippen LogP contribution in [0.3, 0.4) is 0 Å². The van der Waals surface area contributed by atoms with Crippen LogP contribution in [0.2, 0.25) is 0 Å². The van der Waals surface area contributed by atoms with Gasteiger partial charge in [0.2, 0.25) is 0 Å². The van der Waals surface area contributed by atoms with Gasteiger partial charge in [0.05, 0.1) is 12.5 Å². The van der Waals surface area contributed by atoms with E-state index in [-0.39, 0.29) is 6.04 Å². The van der Waals surface area contributed by atoms with E-state index >= 15 is 0 Å². The molecule has 1 N–H and O–H groups in total. The Kier molecular flexibility index (Phi) is 6.04. The van der Waals surface area contributed by atoms with Gasteiger partial charge in [-0.25, -0.2) is 0 Å². The molecule has 0 saturated carbocycles. The lowest BCUT2D eigenvalue weighted by Gasteiger charge is -2.34. The molecule has 0 spiro atoms. The summed E-state index contributed by atoms with van der Waals surface area (Å²) in [4.78, 5) is 2.47. The molecule has 1 saturated heterocycles. The van der Waals surface area contributed by atoms with E-state index in [1.165, 1.54) is 18.4 Å². The SMILES string of the molecule is CCN(CC1CCCNC1)C(CC#N)c1ccccc1. The van der Waals surface area contributed by atoms with Gasteiger partial charge in [0.1, 0.15) is 0 Å². The second-order valence-electron chi connectivity index (χ2n) is 5.59. The zero-order valence-electron chi connectivity index (χ0n) is 12.4. The second kappa shape index (κ2) is 8.04. The fourth-order valence-electron chi connectivity index (χ4n) is 3.11. The normalized spacial score (nSPS) is 20.6. The van der Waals surface area contributed by atoms with Gasteiger partial charge in [-0.05, 0) is 44.0 Å². The minimum Gasteiger partial charge on any atom is -0.316 e. The third-order valence-corrected chi connectivity index (χ3v) is 4.21. The zero-order chi connectivity index (χ0) is 14.2. The highest BCUT2D eigenvalue weighted by atomic mass is 15.2. The van der Waals surface area contributed by atoms with Gasteiger partial charge in [-0.3, -0.25) is 4.90 Å². The van der Waals surface area contributed by atoms with Gasteiger partial charge in [0.25, 0.3) is 0 Å². The molecule has 0 bridgehead atoms. The van der Waals surface area contributed by atoms with Crippen molar-refractivity contribution in [3.05, 3.63) is 35.9 Å². The average molecular weight is 271 g/mol. The van der Waals surface area contributed by atoms with Crippen molar-refractivity contribution in [3.63, 3.8) is 0 Å². The van der Waals surface area contributed by atoms with Gasteiger partial charge in [-0.2, -0.15) is 5.26 Å². The first-order chi connectivity index (χ1) is 9.85. The molecule has 1 aliphatic rings. The highest BCUT2D eigenvalue weighted by molar-refractivity contribution is 5.20. The first kappa shape index (κ1) is 15.0. The molecule has 1 aliphatic heterocycles. The summed E-state index contributed by atoms with van der Waals surface area (Å²) in [5.41, 5.74) is 1.26. The molecule has 3 nitrogen and oxygen atoms in total. The molecule has 1 aromatic carbocycles. The maximum Gasteiger partial charge on any atom is 0.0641 e. The highest BCUT2D eigenvalue weighted by Crippen LogP contribution is 2.25. The number of nitrogens with one attached hydrogen (secondary N) is 1. The van der Waals surface area contributed by atoms with Crippen LogP contribution in [0, 0.1) is 17.2 Å². The summed E-state index contributed by atoms with van der Waals surface area (Å²) in [5, 5.41) is 12.6. The Morgan fingerprint density at radius 2 is 2.20 bits per heavy atom. The van der Waals surface area contributed by atoms with Gasteiger partial charge in [0, 0.05) is 12.6 Å². The van der Waals surface area contributed by atoms with Crippen molar-refractivity contribution in [2.24, 2.45) is 5.92 Å². The molecule has 20 heavy (non-hydrogen) atoms. The van der Waals surface area contributed by atoms with Crippen molar-refractivity contribution in [1.82, 2.24) is 10.2 Å². The minimum absolute atomic E-state index is 0.230. The Morgan fingerprint density at radius 1 is 1.40 bits per heavy atom. The average Bonchev–Trinajstić information content (AvgIpc) is 2.52. The first-order valence-corrected chi connectivity index (χ1v) is 7.71. The largest absolute Gasteiger partial charge is 0.316 e. The summed E-state index contributed by atoms with van der Waals surface area (Å²) in [7, 11) is 0. The Bertz CT molecular complexity index is 418. The van der Waals surface area contributed by atoms with Crippen molar-refractivity contribution < 1.29 is 0 Å². The number of hydrogen-bond donors (Lipinski definition) is 1. The van der Waals surface area contributed by atoms with Crippen LogP contribution in [0.1, 0.15) is 37.8 Å². The number of hydrogen-bond acceptors (Lipinski definition) is 3. The molecule has 1 fully saturated rings. The molecular formula is C17H25N3. The smallest absolute Gasteiger partial charge is 0.0641 e. The zero-order valence-corrected chi connectivity index (χ0v) is 12.4. The lowest BCUT2D eigenvalue weighted by molar-refractivity contribution is 0.162. The summed E-state index contributed by atoms with van der Waals surface area (Å²) in [6.45, 7) is 6.56. The van der Waals surface area contributed by atoms with Gasteiger partial charge in [0.15, 0.2) is 0 Å². The molecule has 2 atom stereocenters.